The van der Waals surface area contributed by atoms with Gasteiger partial charge in [-0.1, -0.05) is 88.6 Å². The van der Waals surface area contributed by atoms with Crippen LogP contribution in [-0.2, 0) is 6.42 Å². The number of hydrogen-bond acceptors (Lipinski definition) is 0. The lowest BCUT2D eigenvalue weighted by Gasteiger charge is -2.38. The van der Waals surface area contributed by atoms with Crippen LogP contribution in [0.15, 0.2) is 30.3 Å². The van der Waals surface area contributed by atoms with Gasteiger partial charge >= 0.3 is 0 Å². The predicted molar refractivity (Wildman–Crippen MR) is 110 cm³/mol. The summed E-state index contributed by atoms with van der Waals surface area (Å²) < 4.78 is 0. The maximum Gasteiger partial charge on any atom is -0.0279 e. The molecule has 2 aliphatic carbocycles. The van der Waals surface area contributed by atoms with Gasteiger partial charge in [0.05, 0.1) is 0 Å². The Balaban J connectivity index is 1.27. The first kappa shape index (κ1) is 19.0. The van der Waals surface area contributed by atoms with Gasteiger partial charge in [-0.15, -0.1) is 0 Å². The monoisotopic (exact) mass is 340 g/mol. The molecule has 2 fully saturated rings. The van der Waals surface area contributed by atoms with Gasteiger partial charge in [0.15, 0.2) is 0 Å². The Morgan fingerprint density at radius 2 is 1.24 bits per heavy atom. The minimum atomic E-state index is 1.04. The van der Waals surface area contributed by atoms with E-state index in [9.17, 15) is 0 Å². The van der Waals surface area contributed by atoms with Crippen molar-refractivity contribution in [1.82, 2.24) is 0 Å². The Hall–Kier alpha value is -0.780. The van der Waals surface area contributed by atoms with Crippen molar-refractivity contribution in [3.63, 3.8) is 0 Å². The summed E-state index contributed by atoms with van der Waals surface area (Å²) in [5, 5.41) is 0. The van der Waals surface area contributed by atoms with Gasteiger partial charge in [0.2, 0.25) is 0 Å². The van der Waals surface area contributed by atoms with Gasteiger partial charge < -0.3 is 0 Å². The van der Waals surface area contributed by atoms with E-state index in [2.05, 4.69) is 37.3 Å². The fourth-order valence-corrected chi connectivity index (χ4v) is 5.71. The molecule has 3 rings (SSSR count). The highest BCUT2D eigenvalue weighted by atomic mass is 14.4. The maximum atomic E-state index is 2.35. The van der Waals surface area contributed by atoms with Crippen molar-refractivity contribution < 1.29 is 0 Å². The zero-order valence-electron chi connectivity index (χ0n) is 16.6. The van der Waals surface area contributed by atoms with Crippen LogP contribution in [0.25, 0.3) is 0 Å². The van der Waals surface area contributed by atoms with Crippen molar-refractivity contribution in [2.45, 2.75) is 96.8 Å². The highest BCUT2D eigenvalue weighted by molar-refractivity contribution is 5.14. The average Bonchev–Trinajstić information content (AvgIpc) is 2.68. The first-order valence-electron chi connectivity index (χ1n) is 11.4. The summed E-state index contributed by atoms with van der Waals surface area (Å²) >= 11 is 0. The molecule has 0 nitrogen and oxygen atoms in total. The van der Waals surface area contributed by atoms with Crippen molar-refractivity contribution in [1.29, 1.82) is 0 Å². The summed E-state index contributed by atoms with van der Waals surface area (Å²) in [4.78, 5) is 0. The molecule has 0 spiro atoms. The third-order valence-corrected chi connectivity index (χ3v) is 7.32. The van der Waals surface area contributed by atoms with Crippen molar-refractivity contribution in [3.05, 3.63) is 35.9 Å². The van der Waals surface area contributed by atoms with Crippen molar-refractivity contribution in [2.75, 3.05) is 0 Å². The van der Waals surface area contributed by atoms with Gasteiger partial charge in [-0.3, -0.25) is 0 Å². The van der Waals surface area contributed by atoms with Crippen LogP contribution in [0.5, 0.6) is 0 Å². The second-order valence-corrected chi connectivity index (χ2v) is 9.08. The largest absolute Gasteiger partial charge is 0.0654 e. The molecule has 0 saturated heterocycles. The first-order chi connectivity index (χ1) is 12.3. The summed E-state index contributed by atoms with van der Waals surface area (Å²) in [6.45, 7) is 2.35. The number of benzene rings is 1. The molecular formula is C25H40. The van der Waals surface area contributed by atoms with E-state index in [1.165, 1.54) is 69.8 Å². The van der Waals surface area contributed by atoms with E-state index in [4.69, 9.17) is 0 Å². The van der Waals surface area contributed by atoms with Crippen molar-refractivity contribution in [2.24, 2.45) is 23.7 Å². The normalized spacial score (nSPS) is 30.3. The van der Waals surface area contributed by atoms with Gasteiger partial charge in [0, 0.05) is 0 Å². The van der Waals surface area contributed by atoms with E-state index in [1.54, 1.807) is 25.7 Å². The van der Waals surface area contributed by atoms with Gasteiger partial charge in [-0.25, -0.2) is 0 Å². The topological polar surface area (TPSA) is 0 Å². The van der Waals surface area contributed by atoms with Gasteiger partial charge in [-0.05, 0) is 67.8 Å². The van der Waals surface area contributed by atoms with Crippen LogP contribution >= 0.6 is 0 Å². The smallest absolute Gasteiger partial charge is 0.0279 e. The molecule has 0 atom stereocenters. The summed E-state index contributed by atoms with van der Waals surface area (Å²) in [5.74, 6) is 4.29. The molecule has 0 unspecified atom stereocenters. The Kier molecular flexibility index (Phi) is 7.89. The SMILES string of the molecule is CCCC1CCC(C2CCC(CCCCc3ccccc3)CC2)CC1. The summed E-state index contributed by atoms with van der Waals surface area (Å²) in [7, 11) is 0. The molecule has 1 aromatic carbocycles. The van der Waals surface area contributed by atoms with Crippen LogP contribution in [0.2, 0.25) is 0 Å². The zero-order chi connectivity index (χ0) is 17.3. The highest BCUT2D eigenvalue weighted by Gasteiger charge is 2.30. The lowest BCUT2D eigenvalue weighted by Crippen LogP contribution is -2.25. The molecule has 1 aromatic rings. The minimum Gasteiger partial charge on any atom is -0.0654 e. The fourth-order valence-electron chi connectivity index (χ4n) is 5.71. The van der Waals surface area contributed by atoms with Crippen LogP contribution < -0.4 is 0 Å². The summed E-state index contributed by atoms with van der Waals surface area (Å²) in [5.41, 5.74) is 1.52. The second kappa shape index (κ2) is 10.4. The Morgan fingerprint density at radius 1 is 0.680 bits per heavy atom. The van der Waals surface area contributed by atoms with Crippen LogP contribution in [0.1, 0.15) is 96.0 Å². The number of rotatable bonds is 8. The van der Waals surface area contributed by atoms with E-state index in [-0.39, 0.29) is 0 Å². The molecule has 0 N–H and O–H groups in total. The molecule has 0 radical (unpaired) electrons. The number of hydrogen-bond donors (Lipinski definition) is 0. The second-order valence-electron chi connectivity index (χ2n) is 9.08. The van der Waals surface area contributed by atoms with Gasteiger partial charge in [0.25, 0.3) is 0 Å². The summed E-state index contributed by atoms with van der Waals surface area (Å²) in [6.07, 6.45) is 20.8. The standard InChI is InChI=1S/C25H40/c1-2-8-21-13-17-24(18-14-21)25-19-15-23(16-20-25)12-7-6-11-22-9-4-3-5-10-22/h3-5,9-10,21,23-25H,2,6-8,11-20H2,1H3. The predicted octanol–water partition coefficient (Wildman–Crippen LogP) is 7.81. The zero-order valence-corrected chi connectivity index (χ0v) is 16.6. The van der Waals surface area contributed by atoms with E-state index in [0.29, 0.717) is 0 Å². The molecule has 140 valence electrons. The lowest BCUT2D eigenvalue weighted by atomic mass is 9.68. The molecule has 0 bridgehead atoms. The van der Waals surface area contributed by atoms with Crippen molar-refractivity contribution >= 4 is 0 Å². The Morgan fingerprint density at radius 3 is 1.80 bits per heavy atom. The molecule has 0 heterocycles. The van der Waals surface area contributed by atoms with Crippen LogP contribution in [0, 0.1) is 23.7 Å². The molecule has 25 heavy (non-hydrogen) atoms. The molecule has 0 amide bonds. The lowest BCUT2D eigenvalue weighted by molar-refractivity contribution is 0.140. The molecule has 2 saturated carbocycles. The van der Waals surface area contributed by atoms with Crippen LogP contribution in [0.3, 0.4) is 0 Å². The molecular weight excluding hydrogens is 300 g/mol. The highest BCUT2D eigenvalue weighted by Crippen LogP contribution is 2.43. The molecule has 2 aliphatic rings. The fraction of sp³-hybridized carbons (Fsp3) is 0.760. The maximum absolute atomic E-state index is 2.35. The third-order valence-electron chi connectivity index (χ3n) is 7.32. The Labute approximate surface area is 156 Å². The van der Waals surface area contributed by atoms with E-state index in [1.807, 2.05) is 0 Å². The van der Waals surface area contributed by atoms with Crippen molar-refractivity contribution in [3.8, 4) is 0 Å². The van der Waals surface area contributed by atoms with E-state index >= 15 is 0 Å². The van der Waals surface area contributed by atoms with Crippen LogP contribution in [-0.4, -0.2) is 0 Å². The van der Waals surface area contributed by atoms with Gasteiger partial charge in [0.1, 0.15) is 0 Å². The number of unbranched alkanes of at least 4 members (excludes halogenated alkanes) is 1. The average molecular weight is 341 g/mol. The Bertz CT molecular complexity index is 446. The third kappa shape index (κ3) is 6.15. The quantitative estimate of drug-likeness (QED) is 0.423. The number of aryl methyl sites for hydroxylation is 1. The first-order valence-corrected chi connectivity index (χ1v) is 11.4. The van der Waals surface area contributed by atoms with Crippen LogP contribution in [0.4, 0.5) is 0 Å². The minimum absolute atomic E-state index is 1.04. The van der Waals surface area contributed by atoms with E-state index in [0.717, 1.165) is 23.7 Å². The molecule has 0 aliphatic heterocycles. The summed E-state index contributed by atoms with van der Waals surface area (Å²) in [6, 6.07) is 11.0. The van der Waals surface area contributed by atoms with Gasteiger partial charge in [-0.2, -0.15) is 0 Å². The molecule has 0 aromatic heterocycles. The molecule has 0 heteroatoms. The van der Waals surface area contributed by atoms with E-state index < -0.39 is 0 Å².